The quantitative estimate of drug-likeness (QED) is 0.694. The lowest BCUT2D eigenvalue weighted by Gasteiger charge is -1.80. The summed E-state index contributed by atoms with van der Waals surface area (Å²) in [4.78, 5) is 0. The van der Waals surface area contributed by atoms with E-state index in [2.05, 4.69) is 0 Å². The van der Waals surface area contributed by atoms with Gasteiger partial charge in [0.2, 0.25) is 0 Å². The minimum absolute atomic E-state index is 0. The Balaban J connectivity index is 0. The highest BCUT2D eigenvalue weighted by atomic mass is 35.5. The zero-order chi connectivity index (χ0) is 5.11. The van der Waals surface area contributed by atoms with Crippen molar-refractivity contribution in [3.63, 3.8) is 0 Å². The number of rotatable bonds is 1. The Labute approximate surface area is 66.2 Å². The van der Waals surface area contributed by atoms with Gasteiger partial charge in [0, 0.05) is 0 Å². The van der Waals surface area contributed by atoms with E-state index >= 15 is 0 Å². The molecule has 4 heteroatoms. The summed E-state index contributed by atoms with van der Waals surface area (Å²) in [6.45, 7) is 0.493. The fourth-order valence-corrected chi connectivity index (χ4v) is 0.429. The van der Waals surface area contributed by atoms with Crippen LogP contribution in [-0.2, 0) is 6.54 Å². The average molecular weight is 170 g/mol. The SMILES string of the molecule is Cl.Cl.NCc1ccco1. The van der Waals surface area contributed by atoms with Gasteiger partial charge in [0.05, 0.1) is 12.8 Å². The average Bonchev–Trinajstić information content (AvgIpc) is 2.14. The molecule has 0 aliphatic heterocycles. The number of hydrogen-bond acceptors (Lipinski definition) is 2. The van der Waals surface area contributed by atoms with Crippen molar-refractivity contribution in [2.75, 3.05) is 0 Å². The molecule has 0 amide bonds. The van der Waals surface area contributed by atoms with Crippen LogP contribution in [0.1, 0.15) is 5.76 Å². The van der Waals surface area contributed by atoms with Crippen molar-refractivity contribution < 1.29 is 4.42 Å². The van der Waals surface area contributed by atoms with Crippen LogP contribution < -0.4 is 5.73 Å². The maximum absolute atomic E-state index is 5.20. The second-order valence-electron chi connectivity index (χ2n) is 1.28. The fraction of sp³-hybridized carbons (Fsp3) is 0.200. The van der Waals surface area contributed by atoms with E-state index < -0.39 is 0 Å². The van der Waals surface area contributed by atoms with Gasteiger partial charge in [-0.05, 0) is 12.1 Å². The van der Waals surface area contributed by atoms with E-state index in [4.69, 9.17) is 10.2 Å². The molecule has 0 aliphatic carbocycles. The summed E-state index contributed by atoms with van der Waals surface area (Å²) in [7, 11) is 0. The van der Waals surface area contributed by atoms with Gasteiger partial charge in [0.1, 0.15) is 5.76 Å². The van der Waals surface area contributed by atoms with Crippen LogP contribution in [-0.4, -0.2) is 0 Å². The molecule has 0 spiro atoms. The highest BCUT2D eigenvalue weighted by molar-refractivity contribution is 5.85. The van der Waals surface area contributed by atoms with Crippen molar-refractivity contribution in [3.05, 3.63) is 24.2 Å². The van der Waals surface area contributed by atoms with Crippen LogP contribution in [0.2, 0.25) is 0 Å². The van der Waals surface area contributed by atoms with E-state index in [1.807, 2.05) is 12.1 Å². The Kier molecular flexibility index (Phi) is 7.66. The van der Waals surface area contributed by atoms with Crippen LogP contribution in [0.15, 0.2) is 22.8 Å². The predicted octanol–water partition coefficient (Wildman–Crippen LogP) is 1.58. The topological polar surface area (TPSA) is 39.2 Å². The Morgan fingerprint density at radius 3 is 2.33 bits per heavy atom. The molecule has 0 saturated carbocycles. The summed E-state index contributed by atoms with van der Waals surface area (Å²) in [6, 6.07) is 3.67. The normalized spacial score (nSPS) is 7.22. The van der Waals surface area contributed by atoms with Crippen molar-refractivity contribution in [1.29, 1.82) is 0 Å². The molecule has 0 aliphatic rings. The molecule has 1 aromatic rings. The molecule has 0 unspecified atom stereocenters. The monoisotopic (exact) mass is 169 g/mol. The number of halogens is 2. The molecule has 0 atom stereocenters. The zero-order valence-electron chi connectivity index (χ0n) is 4.74. The minimum atomic E-state index is 0. The van der Waals surface area contributed by atoms with Crippen LogP contribution in [0.4, 0.5) is 0 Å². The lowest BCUT2D eigenvalue weighted by Crippen LogP contribution is -1.92. The molecule has 0 bridgehead atoms. The van der Waals surface area contributed by atoms with Gasteiger partial charge in [-0.2, -0.15) is 0 Å². The molecule has 9 heavy (non-hydrogen) atoms. The predicted molar refractivity (Wildman–Crippen MR) is 41.1 cm³/mol. The molecule has 2 nitrogen and oxygen atoms in total. The molecular formula is C5H9Cl2NO. The number of nitrogens with two attached hydrogens (primary N) is 1. The first-order valence-corrected chi connectivity index (χ1v) is 2.16. The smallest absolute Gasteiger partial charge is 0.117 e. The van der Waals surface area contributed by atoms with Gasteiger partial charge < -0.3 is 10.2 Å². The van der Waals surface area contributed by atoms with Crippen LogP contribution in [0.3, 0.4) is 0 Å². The highest BCUT2D eigenvalue weighted by Crippen LogP contribution is 1.95. The maximum atomic E-state index is 5.20. The molecule has 1 heterocycles. The summed E-state index contributed by atoms with van der Waals surface area (Å²) >= 11 is 0. The van der Waals surface area contributed by atoms with Gasteiger partial charge >= 0.3 is 0 Å². The van der Waals surface area contributed by atoms with Gasteiger partial charge in [-0.15, -0.1) is 24.8 Å². The minimum Gasteiger partial charge on any atom is -0.468 e. The van der Waals surface area contributed by atoms with Crippen LogP contribution in [0.5, 0.6) is 0 Å². The molecule has 54 valence electrons. The molecule has 1 rings (SSSR count). The Bertz CT molecular complexity index is 130. The Morgan fingerprint density at radius 2 is 2.11 bits per heavy atom. The number of hydrogen-bond donors (Lipinski definition) is 1. The zero-order valence-corrected chi connectivity index (χ0v) is 6.37. The van der Waals surface area contributed by atoms with Gasteiger partial charge in [0.25, 0.3) is 0 Å². The first-order chi connectivity index (χ1) is 3.43. The molecule has 0 saturated heterocycles. The van der Waals surface area contributed by atoms with Crippen molar-refractivity contribution in [2.45, 2.75) is 6.54 Å². The van der Waals surface area contributed by atoms with Crippen LogP contribution >= 0.6 is 24.8 Å². The third-order valence-corrected chi connectivity index (χ3v) is 0.781. The van der Waals surface area contributed by atoms with Crippen LogP contribution in [0.25, 0.3) is 0 Å². The molecule has 1 aromatic heterocycles. The lowest BCUT2D eigenvalue weighted by molar-refractivity contribution is 0.512. The summed E-state index contributed by atoms with van der Waals surface area (Å²) in [5, 5.41) is 0. The van der Waals surface area contributed by atoms with Gasteiger partial charge in [-0.25, -0.2) is 0 Å². The molecule has 0 fully saturated rings. The maximum Gasteiger partial charge on any atom is 0.117 e. The molecule has 0 aromatic carbocycles. The summed E-state index contributed by atoms with van der Waals surface area (Å²) in [5.74, 6) is 0.833. The van der Waals surface area contributed by atoms with E-state index in [1.54, 1.807) is 6.26 Å². The number of furan rings is 1. The van der Waals surface area contributed by atoms with Crippen LogP contribution in [0, 0.1) is 0 Å². The van der Waals surface area contributed by atoms with E-state index in [1.165, 1.54) is 0 Å². The summed E-state index contributed by atoms with van der Waals surface area (Å²) in [6.07, 6.45) is 1.61. The first-order valence-electron chi connectivity index (χ1n) is 2.16. The Hall–Kier alpha value is -0.180. The first kappa shape index (κ1) is 11.6. The third-order valence-electron chi connectivity index (χ3n) is 0.781. The standard InChI is InChI=1S/C5H7NO.2ClH/c6-4-5-2-1-3-7-5;;/h1-3H,4,6H2;2*1H. The molecule has 2 N–H and O–H groups in total. The highest BCUT2D eigenvalue weighted by Gasteiger charge is 1.84. The van der Waals surface area contributed by atoms with Gasteiger partial charge in [-0.1, -0.05) is 0 Å². The van der Waals surface area contributed by atoms with Crippen molar-refractivity contribution in [3.8, 4) is 0 Å². The van der Waals surface area contributed by atoms with E-state index in [0.29, 0.717) is 6.54 Å². The fourth-order valence-electron chi connectivity index (χ4n) is 0.429. The van der Waals surface area contributed by atoms with Gasteiger partial charge in [-0.3, -0.25) is 0 Å². The third kappa shape index (κ3) is 3.40. The van der Waals surface area contributed by atoms with Crippen molar-refractivity contribution >= 4 is 24.8 Å². The molecule has 0 radical (unpaired) electrons. The summed E-state index contributed by atoms with van der Waals surface area (Å²) in [5.41, 5.74) is 5.20. The molecular weight excluding hydrogens is 161 g/mol. The Morgan fingerprint density at radius 1 is 1.44 bits per heavy atom. The second kappa shape index (κ2) is 5.95. The van der Waals surface area contributed by atoms with E-state index in [9.17, 15) is 0 Å². The van der Waals surface area contributed by atoms with E-state index in [-0.39, 0.29) is 24.8 Å². The second-order valence-corrected chi connectivity index (χ2v) is 1.28. The largest absolute Gasteiger partial charge is 0.468 e. The van der Waals surface area contributed by atoms with Crippen molar-refractivity contribution in [2.24, 2.45) is 5.73 Å². The lowest BCUT2D eigenvalue weighted by atomic mass is 10.5. The van der Waals surface area contributed by atoms with E-state index in [0.717, 1.165) is 5.76 Å². The summed E-state index contributed by atoms with van der Waals surface area (Å²) < 4.78 is 4.86. The van der Waals surface area contributed by atoms with Gasteiger partial charge in [0.15, 0.2) is 0 Å². The van der Waals surface area contributed by atoms with Crippen molar-refractivity contribution in [1.82, 2.24) is 0 Å².